The molecule has 5 nitrogen and oxygen atoms in total. The van der Waals surface area contributed by atoms with Gasteiger partial charge in [0.2, 0.25) is 0 Å². The summed E-state index contributed by atoms with van der Waals surface area (Å²) in [6.07, 6.45) is 0. The van der Waals surface area contributed by atoms with Crippen LogP contribution in [0.4, 0.5) is 0 Å². The lowest BCUT2D eigenvalue weighted by atomic mass is 10.1. The minimum Gasteiger partial charge on any atom is -0.490 e. The third-order valence-electron chi connectivity index (χ3n) is 3.57. The molecule has 6 heteroatoms. The van der Waals surface area contributed by atoms with Crippen LogP contribution in [0.1, 0.15) is 21.5 Å². The molecule has 132 valence electrons. The summed E-state index contributed by atoms with van der Waals surface area (Å²) in [5.74, 6) is -0.117. The average Bonchev–Trinajstić information content (AvgIpc) is 2.59. The zero-order chi connectivity index (χ0) is 18.2. The molecule has 0 bridgehead atoms. The van der Waals surface area contributed by atoms with Crippen molar-refractivity contribution in [2.45, 2.75) is 13.8 Å². The Bertz CT molecular complexity index is 761. The third kappa shape index (κ3) is 6.23. The molecule has 0 radical (unpaired) electrons. The molecule has 0 aliphatic rings. The number of carbonyl (C=O) groups excluding carboxylic acids is 2. The van der Waals surface area contributed by atoms with Gasteiger partial charge in [-0.1, -0.05) is 28.1 Å². The molecule has 0 saturated carbocycles. The second kappa shape index (κ2) is 9.22. The topological polar surface area (TPSA) is 64.6 Å². The molecule has 0 unspecified atom stereocenters. The molecule has 0 saturated heterocycles. The molecule has 2 aromatic carbocycles. The van der Waals surface area contributed by atoms with Crippen LogP contribution in [-0.2, 0) is 9.53 Å². The summed E-state index contributed by atoms with van der Waals surface area (Å²) in [4.78, 5) is 23.7. The monoisotopic (exact) mass is 405 g/mol. The van der Waals surface area contributed by atoms with Crippen molar-refractivity contribution in [2.24, 2.45) is 0 Å². The first-order valence-corrected chi connectivity index (χ1v) is 8.64. The minimum atomic E-state index is -0.505. The van der Waals surface area contributed by atoms with Crippen molar-refractivity contribution in [3.63, 3.8) is 0 Å². The normalized spacial score (nSPS) is 10.2. The number of carbonyl (C=O) groups is 2. The van der Waals surface area contributed by atoms with E-state index in [2.05, 4.69) is 21.2 Å². The molecule has 0 aliphatic heterocycles. The highest BCUT2D eigenvalue weighted by Gasteiger charge is 2.09. The molecule has 1 N–H and O–H groups in total. The van der Waals surface area contributed by atoms with Crippen molar-refractivity contribution in [1.29, 1.82) is 0 Å². The van der Waals surface area contributed by atoms with E-state index in [1.54, 1.807) is 12.1 Å². The maximum Gasteiger partial charge on any atom is 0.325 e. The maximum absolute atomic E-state index is 12.0. The Hall–Kier alpha value is -2.34. The van der Waals surface area contributed by atoms with Gasteiger partial charge >= 0.3 is 5.97 Å². The zero-order valence-corrected chi connectivity index (χ0v) is 15.8. The van der Waals surface area contributed by atoms with Gasteiger partial charge in [0.25, 0.3) is 5.91 Å². The second-order valence-corrected chi connectivity index (χ2v) is 6.42. The lowest BCUT2D eigenvalue weighted by Crippen LogP contribution is -2.31. The smallest absolute Gasteiger partial charge is 0.325 e. The molecule has 0 aromatic heterocycles. The Kier molecular flexibility index (Phi) is 7.01. The number of esters is 1. The number of nitrogens with one attached hydrogen (secondary N) is 1. The Labute approximate surface area is 155 Å². The van der Waals surface area contributed by atoms with Gasteiger partial charge in [0.15, 0.2) is 0 Å². The molecular formula is C19H20BrNO4. The Morgan fingerprint density at radius 3 is 2.56 bits per heavy atom. The van der Waals surface area contributed by atoms with Crippen molar-refractivity contribution >= 4 is 27.8 Å². The van der Waals surface area contributed by atoms with Gasteiger partial charge in [0, 0.05) is 10.0 Å². The van der Waals surface area contributed by atoms with Crippen LogP contribution in [0.15, 0.2) is 46.9 Å². The number of benzene rings is 2. The summed E-state index contributed by atoms with van der Waals surface area (Å²) in [5.41, 5.74) is 2.66. The summed E-state index contributed by atoms with van der Waals surface area (Å²) in [7, 11) is 0. The highest BCUT2D eigenvalue weighted by atomic mass is 79.9. The predicted molar refractivity (Wildman–Crippen MR) is 98.8 cm³/mol. The molecule has 0 spiro atoms. The Morgan fingerprint density at radius 1 is 1.04 bits per heavy atom. The number of rotatable bonds is 7. The van der Waals surface area contributed by atoms with Crippen LogP contribution in [0.5, 0.6) is 5.75 Å². The van der Waals surface area contributed by atoms with E-state index in [-0.39, 0.29) is 25.7 Å². The summed E-state index contributed by atoms with van der Waals surface area (Å²) in [6.45, 7) is 4.09. The first-order chi connectivity index (χ1) is 12.0. The van der Waals surface area contributed by atoms with Crippen LogP contribution in [0, 0.1) is 13.8 Å². The van der Waals surface area contributed by atoms with E-state index in [1.165, 1.54) is 0 Å². The Morgan fingerprint density at radius 2 is 1.84 bits per heavy atom. The number of hydrogen-bond acceptors (Lipinski definition) is 4. The number of amides is 1. The zero-order valence-electron chi connectivity index (χ0n) is 14.2. The van der Waals surface area contributed by atoms with Crippen molar-refractivity contribution in [1.82, 2.24) is 5.32 Å². The average molecular weight is 406 g/mol. The van der Waals surface area contributed by atoms with Crippen LogP contribution in [0.25, 0.3) is 0 Å². The lowest BCUT2D eigenvalue weighted by molar-refractivity contribution is -0.143. The summed E-state index contributed by atoms with van der Waals surface area (Å²) >= 11 is 3.35. The molecule has 0 heterocycles. The standard InChI is InChI=1S/C19H20BrNO4/c1-13-6-7-15(10-14(13)2)19(23)21-12-18(22)25-9-8-24-17-5-3-4-16(20)11-17/h3-7,10-11H,8-9,12H2,1-2H3,(H,21,23). The third-order valence-corrected chi connectivity index (χ3v) is 4.07. The van der Waals surface area contributed by atoms with Gasteiger partial charge in [-0.2, -0.15) is 0 Å². The van der Waals surface area contributed by atoms with Gasteiger partial charge in [0.05, 0.1) is 0 Å². The first-order valence-electron chi connectivity index (χ1n) is 7.85. The van der Waals surface area contributed by atoms with E-state index in [9.17, 15) is 9.59 Å². The molecular weight excluding hydrogens is 386 g/mol. The van der Waals surface area contributed by atoms with E-state index in [1.807, 2.05) is 44.2 Å². The largest absolute Gasteiger partial charge is 0.490 e. The van der Waals surface area contributed by atoms with E-state index in [4.69, 9.17) is 9.47 Å². The highest BCUT2D eigenvalue weighted by molar-refractivity contribution is 9.10. The van der Waals surface area contributed by atoms with Crippen LogP contribution in [-0.4, -0.2) is 31.6 Å². The van der Waals surface area contributed by atoms with Gasteiger partial charge in [-0.15, -0.1) is 0 Å². The van der Waals surface area contributed by atoms with Crippen LogP contribution >= 0.6 is 15.9 Å². The van der Waals surface area contributed by atoms with Gasteiger partial charge in [-0.3, -0.25) is 9.59 Å². The Balaban J connectivity index is 1.68. The van der Waals surface area contributed by atoms with E-state index in [0.29, 0.717) is 11.3 Å². The quantitative estimate of drug-likeness (QED) is 0.566. The minimum absolute atomic E-state index is 0.116. The van der Waals surface area contributed by atoms with Gasteiger partial charge in [-0.25, -0.2) is 0 Å². The van der Waals surface area contributed by atoms with Gasteiger partial charge < -0.3 is 14.8 Å². The summed E-state index contributed by atoms with van der Waals surface area (Å²) < 4.78 is 11.4. The molecule has 0 fully saturated rings. The number of aryl methyl sites for hydroxylation is 2. The lowest BCUT2D eigenvalue weighted by Gasteiger charge is -2.09. The van der Waals surface area contributed by atoms with Crippen LogP contribution in [0.3, 0.4) is 0 Å². The van der Waals surface area contributed by atoms with E-state index in [0.717, 1.165) is 15.6 Å². The van der Waals surface area contributed by atoms with E-state index < -0.39 is 5.97 Å². The number of ether oxygens (including phenoxy) is 2. The number of hydrogen-bond donors (Lipinski definition) is 1. The summed E-state index contributed by atoms with van der Waals surface area (Å²) in [6, 6.07) is 12.8. The SMILES string of the molecule is Cc1ccc(C(=O)NCC(=O)OCCOc2cccc(Br)c2)cc1C. The van der Waals surface area contributed by atoms with Crippen molar-refractivity contribution < 1.29 is 19.1 Å². The van der Waals surface area contributed by atoms with Crippen LogP contribution < -0.4 is 10.1 Å². The molecule has 0 atom stereocenters. The van der Waals surface area contributed by atoms with Crippen molar-refractivity contribution in [2.75, 3.05) is 19.8 Å². The molecule has 0 aliphatic carbocycles. The fraction of sp³-hybridized carbons (Fsp3) is 0.263. The first kappa shape index (κ1) is 19.0. The predicted octanol–water partition coefficient (Wildman–Crippen LogP) is 3.42. The molecule has 2 rings (SSSR count). The van der Waals surface area contributed by atoms with Gasteiger partial charge in [0.1, 0.15) is 25.5 Å². The van der Waals surface area contributed by atoms with Crippen molar-refractivity contribution in [3.8, 4) is 5.75 Å². The molecule has 1 amide bonds. The van der Waals surface area contributed by atoms with Crippen molar-refractivity contribution in [3.05, 3.63) is 63.6 Å². The van der Waals surface area contributed by atoms with Crippen LogP contribution in [0.2, 0.25) is 0 Å². The van der Waals surface area contributed by atoms with E-state index >= 15 is 0 Å². The molecule has 25 heavy (non-hydrogen) atoms. The number of halogens is 1. The maximum atomic E-state index is 12.0. The fourth-order valence-corrected chi connectivity index (χ4v) is 2.44. The summed E-state index contributed by atoms with van der Waals surface area (Å²) in [5, 5.41) is 2.55. The van der Waals surface area contributed by atoms with Gasteiger partial charge in [-0.05, 0) is 55.3 Å². The highest BCUT2D eigenvalue weighted by Crippen LogP contribution is 2.17. The molecule has 2 aromatic rings. The second-order valence-electron chi connectivity index (χ2n) is 5.51. The fourth-order valence-electron chi connectivity index (χ4n) is 2.06.